The summed E-state index contributed by atoms with van der Waals surface area (Å²) in [6.45, 7) is 7.46. The lowest BCUT2D eigenvalue weighted by Gasteiger charge is -2.36. The standard InChI is InChI=1S/C12H19BrN4O/c1-3-9-7-18-6-5-17(9)12-10(13)11(14-4-2)15-8-16-12/h8-9H,3-7H2,1-2H3,(H,14,15,16). The Morgan fingerprint density at radius 3 is 3.06 bits per heavy atom. The van der Waals surface area contributed by atoms with Crippen molar-refractivity contribution in [2.24, 2.45) is 0 Å². The van der Waals surface area contributed by atoms with Crippen LogP contribution in [0, 0.1) is 0 Å². The zero-order valence-electron chi connectivity index (χ0n) is 10.8. The number of hydrogen-bond donors (Lipinski definition) is 1. The average Bonchev–Trinajstić information content (AvgIpc) is 2.41. The smallest absolute Gasteiger partial charge is 0.148 e. The van der Waals surface area contributed by atoms with E-state index in [0.29, 0.717) is 6.04 Å². The molecule has 1 fully saturated rings. The molecule has 6 heteroatoms. The number of nitrogens with zero attached hydrogens (tertiary/aromatic N) is 3. The summed E-state index contributed by atoms with van der Waals surface area (Å²) >= 11 is 3.60. The molecule has 2 rings (SSSR count). The Morgan fingerprint density at radius 1 is 1.50 bits per heavy atom. The molecule has 0 spiro atoms. The van der Waals surface area contributed by atoms with Gasteiger partial charge in [0.25, 0.3) is 0 Å². The van der Waals surface area contributed by atoms with Gasteiger partial charge in [0.05, 0.1) is 19.3 Å². The Balaban J connectivity index is 2.28. The molecule has 0 amide bonds. The highest BCUT2D eigenvalue weighted by Crippen LogP contribution is 2.31. The van der Waals surface area contributed by atoms with E-state index >= 15 is 0 Å². The number of morpholine rings is 1. The van der Waals surface area contributed by atoms with Gasteiger partial charge in [-0.25, -0.2) is 9.97 Å². The van der Waals surface area contributed by atoms with E-state index < -0.39 is 0 Å². The molecule has 1 saturated heterocycles. The van der Waals surface area contributed by atoms with E-state index in [1.54, 1.807) is 6.33 Å². The minimum atomic E-state index is 0.388. The molecule has 0 aliphatic carbocycles. The highest BCUT2D eigenvalue weighted by atomic mass is 79.9. The van der Waals surface area contributed by atoms with Crippen molar-refractivity contribution in [3.05, 3.63) is 10.8 Å². The summed E-state index contributed by atoms with van der Waals surface area (Å²) < 4.78 is 6.46. The number of nitrogens with one attached hydrogen (secondary N) is 1. The van der Waals surface area contributed by atoms with Gasteiger partial charge in [-0.2, -0.15) is 0 Å². The average molecular weight is 315 g/mol. The van der Waals surface area contributed by atoms with E-state index in [-0.39, 0.29) is 0 Å². The SMILES string of the molecule is CCNc1ncnc(N2CCOCC2CC)c1Br. The fourth-order valence-electron chi connectivity index (χ4n) is 2.12. The molecular formula is C12H19BrN4O. The van der Waals surface area contributed by atoms with Gasteiger partial charge in [0.1, 0.15) is 22.4 Å². The maximum absolute atomic E-state index is 5.53. The van der Waals surface area contributed by atoms with Crippen LogP contribution in [-0.4, -0.2) is 42.3 Å². The normalized spacial score (nSPS) is 19.9. The Kier molecular flexibility index (Phi) is 4.77. The Labute approximate surface area is 116 Å². The van der Waals surface area contributed by atoms with Gasteiger partial charge >= 0.3 is 0 Å². The van der Waals surface area contributed by atoms with Crippen LogP contribution in [0.25, 0.3) is 0 Å². The topological polar surface area (TPSA) is 50.3 Å². The van der Waals surface area contributed by atoms with Crippen LogP contribution >= 0.6 is 15.9 Å². The zero-order chi connectivity index (χ0) is 13.0. The maximum Gasteiger partial charge on any atom is 0.148 e. The second kappa shape index (κ2) is 6.33. The third-order valence-electron chi connectivity index (χ3n) is 3.09. The minimum Gasteiger partial charge on any atom is -0.377 e. The van der Waals surface area contributed by atoms with Gasteiger partial charge in [0, 0.05) is 13.1 Å². The molecule has 0 bridgehead atoms. The van der Waals surface area contributed by atoms with Crippen molar-refractivity contribution in [2.45, 2.75) is 26.3 Å². The first-order valence-electron chi connectivity index (χ1n) is 6.36. The summed E-state index contributed by atoms with van der Waals surface area (Å²) in [5.41, 5.74) is 0. The third-order valence-corrected chi connectivity index (χ3v) is 3.82. The van der Waals surface area contributed by atoms with Crippen LogP contribution in [0.2, 0.25) is 0 Å². The van der Waals surface area contributed by atoms with Crippen molar-refractivity contribution in [1.29, 1.82) is 0 Å². The summed E-state index contributed by atoms with van der Waals surface area (Å²) in [5.74, 6) is 1.81. The highest BCUT2D eigenvalue weighted by Gasteiger charge is 2.25. The number of hydrogen-bond acceptors (Lipinski definition) is 5. The van der Waals surface area contributed by atoms with Gasteiger partial charge in [-0.3, -0.25) is 0 Å². The molecular weight excluding hydrogens is 296 g/mol. The molecule has 2 heterocycles. The Morgan fingerprint density at radius 2 is 2.33 bits per heavy atom. The van der Waals surface area contributed by atoms with Crippen molar-refractivity contribution in [2.75, 3.05) is 36.5 Å². The fraction of sp³-hybridized carbons (Fsp3) is 0.667. The van der Waals surface area contributed by atoms with Crippen LogP contribution in [0.4, 0.5) is 11.6 Å². The number of aromatic nitrogens is 2. The van der Waals surface area contributed by atoms with Gasteiger partial charge in [-0.05, 0) is 29.3 Å². The molecule has 1 aliphatic heterocycles. The van der Waals surface area contributed by atoms with E-state index in [0.717, 1.165) is 48.8 Å². The van der Waals surface area contributed by atoms with E-state index in [9.17, 15) is 0 Å². The fourth-order valence-corrected chi connectivity index (χ4v) is 2.70. The van der Waals surface area contributed by atoms with Crippen molar-refractivity contribution in [1.82, 2.24) is 9.97 Å². The number of ether oxygens (including phenoxy) is 1. The Hall–Kier alpha value is -0.880. The number of anilines is 2. The molecule has 1 aliphatic rings. The summed E-state index contributed by atoms with van der Waals surface area (Å²) in [4.78, 5) is 11.0. The summed E-state index contributed by atoms with van der Waals surface area (Å²) in [5, 5.41) is 3.23. The molecule has 18 heavy (non-hydrogen) atoms. The summed E-state index contributed by atoms with van der Waals surface area (Å²) in [6, 6.07) is 0.388. The first kappa shape index (κ1) is 13.5. The zero-order valence-corrected chi connectivity index (χ0v) is 12.4. The molecule has 100 valence electrons. The lowest BCUT2D eigenvalue weighted by atomic mass is 10.2. The van der Waals surface area contributed by atoms with Gasteiger partial charge in [0.15, 0.2) is 0 Å². The van der Waals surface area contributed by atoms with Crippen LogP contribution < -0.4 is 10.2 Å². The molecule has 5 nitrogen and oxygen atoms in total. The molecule has 1 aromatic rings. The second-order valence-electron chi connectivity index (χ2n) is 4.22. The molecule has 0 aromatic carbocycles. The van der Waals surface area contributed by atoms with Crippen LogP contribution in [0.5, 0.6) is 0 Å². The number of halogens is 1. The molecule has 1 atom stereocenters. The van der Waals surface area contributed by atoms with E-state index in [1.807, 2.05) is 0 Å². The number of rotatable bonds is 4. The predicted octanol–water partition coefficient (Wildman–Crippen LogP) is 2.29. The van der Waals surface area contributed by atoms with Crippen molar-refractivity contribution >= 4 is 27.6 Å². The third kappa shape index (κ3) is 2.75. The summed E-state index contributed by atoms with van der Waals surface area (Å²) in [6.07, 6.45) is 2.66. The van der Waals surface area contributed by atoms with Crippen LogP contribution in [0.3, 0.4) is 0 Å². The molecule has 0 radical (unpaired) electrons. The quantitative estimate of drug-likeness (QED) is 0.924. The maximum atomic E-state index is 5.53. The Bertz CT molecular complexity index is 402. The minimum absolute atomic E-state index is 0.388. The van der Waals surface area contributed by atoms with Gasteiger partial charge in [-0.15, -0.1) is 0 Å². The predicted molar refractivity (Wildman–Crippen MR) is 76.1 cm³/mol. The van der Waals surface area contributed by atoms with Crippen molar-refractivity contribution in [3.63, 3.8) is 0 Å². The first-order valence-corrected chi connectivity index (χ1v) is 7.16. The van der Waals surface area contributed by atoms with E-state index in [1.165, 1.54) is 0 Å². The summed E-state index contributed by atoms with van der Waals surface area (Å²) in [7, 11) is 0. The molecule has 1 N–H and O–H groups in total. The van der Waals surface area contributed by atoms with Gasteiger partial charge in [-0.1, -0.05) is 6.92 Å². The molecule has 0 saturated carbocycles. The van der Waals surface area contributed by atoms with Crippen molar-refractivity contribution in [3.8, 4) is 0 Å². The van der Waals surface area contributed by atoms with Crippen molar-refractivity contribution < 1.29 is 4.74 Å². The lowest BCUT2D eigenvalue weighted by molar-refractivity contribution is 0.0925. The monoisotopic (exact) mass is 314 g/mol. The van der Waals surface area contributed by atoms with Crippen LogP contribution in [0.1, 0.15) is 20.3 Å². The van der Waals surface area contributed by atoms with E-state index in [2.05, 4.69) is 50.0 Å². The second-order valence-corrected chi connectivity index (χ2v) is 5.01. The largest absolute Gasteiger partial charge is 0.377 e. The van der Waals surface area contributed by atoms with Crippen LogP contribution in [-0.2, 0) is 4.74 Å². The van der Waals surface area contributed by atoms with E-state index in [4.69, 9.17) is 4.74 Å². The molecule has 1 unspecified atom stereocenters. The van der Waals surface area contributed by atoms with Gasteiger partial charge < -0.3 is 15.0 Å². The first-order chi connectivity index (χ1) is 8.77. The molecule has 1 aromatic heterocycles. The van der Waals surface area contributed by atoms with Gasteiger partial charge in [0.2, 0.25) is 0 Å². The lowest BCUT2D eigenvalue weighted by Crippen LogP contribution is -2.45. The van der Waals surface area contributed by atoms with Crippen LogP contribution in [0.15, 0.2) is 10.8 Å². The highest BCUT2D eigenvalue weighted by molar-refractivity contribution is 9.10.